The summed E-state index contributed by atoms with van der Waals surface area (Å²) in [4.78, 5) is 16.6. The van der Waals surface area contributed by atoms with Crippen molar-refractivity contribution in [1.29, 1.82) is 0 Å². The van der Waals surface area contributed by atoms with E-state index in [1.807, 2.05) is 30.5 Å². The summed E-state index contributed by atoms with van der Waals surface area (Å²) < 4.78 is 0. The molecule has 0 aliphatic heterocycles. The van der Waals surface area contributed by atoms with Crippen LogP contribution in [0, 0.1) is 12.8 Å². The minimum atomic E-state index is 0.149. The third-order valence-electron chi connectivity index (χ3n) is 2.90. The molecule has 19 heavy (non-hydrogen) atoms. The molecule has 0 bridgehead atoms. The first-order valence-electron chi connectivity index (χ1n) is 6.57. The second-order valence-electron chi connectivity index (χ2n) is 5.26. The van der Waals surface area contributed by atoms with Gasteiger partial charge in [0.05, 0.1) is 17.1 Å². The van der Waals surface area contributed by atoms with E-state index in [0.717, 1.165) is 22.7 Å². The second kappa shape index (κ2) is 6.11. The van der Waals surface area contributed by atoms with Gasteiger partial charge in [-0.15, -0.1) is 11.3 Å². The minimum Gasteiger partial charge on any atom is -0.294 e. The topological polar surface area (TPSA) is 30.0 Å². The Morgan fingerprint density at radius 3 is 2.79 bits per heavy atom. The fourth-order valence-electron chi connectivity index (χ4n) is 2.10. The number of hydrogen-bond acceptors (Lipinski definition) is 3. The Kier molecular flexibility index (Phi) is 4.48. The van der Waals surface area contributed by atoms with Gasteiger partial charge in [-0.3, -0.25) is 4.79 Å². The molecular formula is C16H19NOS. The van der Waals surface area contributed by atoms with E-state index in [4.69, 9.17) is 0 Å². The molecule has 0 atom stereocenters. The normalized spacial score (nSPS) is 10.9. The minimum absolute atomic E-state index is 0.149. The molecular weight excluding hydrogens is 254 g/mol. The van der Waals surface area contributed by atoms with Crippen molar-refractivity contribution in [3.63, 3.8) is 0 Å². The van der Waals surface area contributed by atoms with E-state index in [0.29, 0.717) is 12.3 Å². The van der Waals surface area contributed by atoms with Crippen LogP contribution in [0.25, 0.3) is 0 Å². The van der Waals surface area contributed by atoms with Gasteiger partial charge in [-0.05, 0) is 30.9 Å². The molecule has 0 unspecified atom stereocenters. The molecule has 1 heterocycles. The van der Waals surface area contributed by atoms with Gasteiger partial charge in [0, 0.05) is 10.9 Å². The number of carbonyl (C=O) groups excluding carboxylic acids is 1. The highest BCUT2D eigenvalue weighted by atomic mass is 32.1. The maximum Gasteiger partial charge on any atom is 0.168 e. The quantitative estimate of drug-likeness (QED) is 0.768. The van der Waals surface area contributed by atoms with Crippen LogP contribution < -0.4 is 0 Å². The summed E-state index contributed by atoms with van der Waals surface area (Å²) in [5.41, 5.74) is 2.90. The van der Waals surface area contributed by atoms with Crippen LogP contribution in [0.2, 0.25) is 0 Å². The van der Waals surface area contributed by atoms with E-state index in [2.05, 4.69) is 24.9 Å². The van der Waals surface area contributed by atoms with Crippen molar-refractivity contribution in [3.05, 3.63) is 51.5 Å². The van der Waals surface area contributed by atoms with Crippen molar-refractivity contribution in [3.8, 4) is 0 Å². The summed E-state index contributed by atoms with van der Waals surface area (Å²) in [5, 5.41) is 2.97. The van der Waals surface area contributed by atoms with E-state index in [1.54, 1.807) is 11.3 Å². The van der Waals surface area contributed by atoms with E-state index in [1.165, 1.54) is 5.56 Å². The van der Waals surface area contributed by atoms with Crippen LogP contribution in [-0.4, -0.2) is 10.8 Å². The maximum atomic E-state index is 12.2. The van der Waals surface area contributed by atoms with Gasteiger partial charge in [-0.2, -0.15) is 0 Å². The average Bonchev–Trinajstić information content (AvgIpc) is 2.74. The lowest BCUT2D eigenvalue weighted by Crippen LogP contribution is -2.05. The summed E-state index contributed by atoms with van der Waals surface area (Å²) in [5.74, 6) is 0.752. The monoisotopic (exact) mass is 273 g/mol. The number of benzene rings is 1. The molecule has 2 nitrogen and oxygen atoms in total. The van der Waals surface area contributed by atoms with Gasteiger partial charge in [0.25, 0.3) is 0 Å². The lowest BCUT2D eigenvalue weighted by atomic mass is 9.98. The number of rotatable bonds is 5. The number of thiazole rings is 1. The number of ketones is 1. The maximum absolute atomic E-state index is 12.2. The Hall–Kier alpha value is -1.48. The van der Waals surface area contributed by atoms with Gasteiger partial charge in [0.15, 0.2) is 5.78 Å². The highest BCUT2D eigenvalue weighted by Crippen LogP contribution is 2.14. The first-order chi connectivity index (χ1) is 9.04. The molecule has 1 aromatic carbocycles. The highest BCUT2D eigenvalue weighted by molar-refractivity contribution is 7.09. The van der Waals surface area contributed by atoms with Crippen molar-refractivity contribution in [2.75, 3.05) is 0 Å². The third-order valence-corrected chi connectivity index (χ3v) is 3.72. The van der Waals surface area contributed by atoms with E-state index < -0.39 is 0 Å². The summed E-state index contributed by atoms with van der Waals surface area (Å²) in [6, 6.07) is 7.97. The molecule has 0 saturated carbocycles. The average molecular weight is 273 g/mol. The van der Waals surface area contributed by atoms with Crippen molar-refractivity contribution < 1.29 is 4.79 Å². The van der Waals surface area contributed by atoms with Crippen molar-refractivity contribution in [2.45, 2.75) is 33.6 Å². The lowest BCUT2D eigenvalue weighted by molar-refractivity contribution is 0.0992. The molecule has 2 aromatic rings. The zero-order valence-corrected chi connectivity index (χ0v) is 12.5. The Bertz CT molecular complexity index is 572. The molecule has 0 fully saturated rings. The Labute approximate surface area is 118 Å². The van der Waals surface area contributed by atoms with Crippen LogP contribution in [0.15, 0.2) is 29.6 Å². The van der Waals surface area contributed by atoms with Crippen LogP contribution >= 0.6 is 11.3 Å². The van der Waals surface area contributed by atoms with E-state index in [9.17, 15) is 4.79 Å². The molecule has 2 rings (SSSR count). The number of carbonyl (C=O) groups is 1. The molecule has 3 heteroatoms. The molecule has 0 spiro atoms. The first kappa shape index (κ1) is 13.9. The highest BCUT2D eigenvalue weighted by Gasteiger charge is 2.10. The molecule has 0 aliphatic carbocycles. The first-order valence-corrected chi connectivity index (χ1v) is 7.45. The second-order valence-corrected chi connectivity index (χ2v) is 6.32. The van der Waals surface area contributed by atoms with Crippen molar-refractivity contribution >= 4 is 17.1 Å². The fraction of sp³-hybridized carbons (Fsp3) is 0.375. The zero-order chi connectivity index (χ0) is 13.8. The zero-order valence-electron chi connectivity index (χ0n) is 11.6. The van der Waals surface area contributed by atoms with Crippen molar-refractivity contribution in [1.82, 2.24) is 4.98 Å². The van der Waals surface area contributed by atoms with Crippen LogP contribution in [0.3, 0.4) is 0 Å². The summed E-state index contributed by atoms with van der Waals surface area (Å²) in [6.07, 6.45) is 1.41. The number of aromatic nitrogens is 1. The summed E-state index contributed by atoms with van der Waals surface area (Å²) in [7, 11) is 0. The SMILES string of the molecule is Cc1nc(CC(=O)c2cccc(CC(C)C)c2)cs1. The predicted octanol–water partition coefficient (Wildman–Crippen LogP) is 4.08. The molecule has 0 amide bonds. The Balaban J connectivity index is 2.10. The third kappa shape index (κ3) is 4.00. The number of Topliss-reactive ketones (excluding diaryl/α,β-unsaturated/α-hetero) is 1. The molecule has 0 radical (unpaired) electrons. The van der Waals surface area contributed by atoms with Gasteiger partial charge >= 0.3 is 0 Å². The van der Waals surface area contributed by atoms with E-state index >= 15 is 0 Å². The number of nitrogens with zero attached hydrogens (tertiary/aromatic N) is 1. The van der Waals surface area contributed by atoms with Crippen molar-refractivity contribution in [2.24, 2.45) is 5.92 Å². The van der Waals surface area contributed by atoms with Crippen LogP contribution in [0.4, 0.5) is 0 Å². The van der Waals surface area contributed by atoms with E-state index in [-0.39, 0.29) is 5.78 Å². The van der Waals surface area contributed by atoms with Crippen LogP contribution in [0.1, 0.15) is 40.5 Å². The fourth-order valence-corrected chi connectivity index (χ4v) is 2.71. The molecule has 100 valence electrons. The molecule has 0 saturated heterocycles. The van der Waals surface area contributed by atoms with Gasteiger partial charge in [0.2, 0.25) is 0 Å². The summed E-state index contributed by atoms with van der Waals surface area (Å²) >= 11 is 1.59. The van der Waals surface area contributed by atoms with Crippen LogP contribution in [0.5, 0.6) is 0 Å². The largest absolute Gasteiger partial charge is 0.294 e. The predicted molar refractivity (Wildman–Crippen MR) is 79.9 cm³/mol. The van der Waals surface area contributed by atoms with Crippen LogP contribution in [-0.2, 0) is 12.8 Å². The molecule has 0 aliphatic rings. The Morgan fingerprint density at radius 1 is 1.37 bits per heavy atom. The van der Waals surface area contributed by atoms with Gasteiger partial charge in [0.1, 0.15) is 0 Å². The number of aryl methyl sites for hydroxylation is 1. The standard InChI is InChI=1S/C16H19NOS/c1-11(2)7-13-5-4-6-14(8-13)16(18)9-15-10-19-12(3)17-15/h4-6,8,10-11H,7,9H2,1-3H3. The number of hydrogen-bond donors (Lipinski definition) is 0. The molecule has 0 N–H and O–H groups in total. The Morgan fingerprint density at radius 2 is 2.16 bits per heavy atom. The molecule has 1 aromatic heterocycles. The van der Waals surface area contributed by atoms with Gasteiger partial charge < -0.3 is 0 Å². The summed E-state index contributed by atoms with van der Waals surface area (Å²) in [6.45, 7) is 6.33. The van der Waals surface area contributed by atoms with Gasteiger partial charge in [-0.25, -0.2) is 4.98 Å². The smallest absolute Gasteiger partial charge is 0.168 e. The van der Waals surface area contributed by atoms with Gasteiger partial charge in [-0.1, -0.05) is 32.0 Å². The lowest BCUT2D eigenvalue weighted by Gasteiger charge is -2.06.